The minimum atomic E-state index is -1.23. The van der Waals surface area contributed by atoms with Crippen molar-refractivity contribution in [3.8, 4) is 0 Å². The molecular formula is C30H42N2O6. The highest BCUT2D eigenvalue weighted by molar-refractivity contribution is 5.88. The first-order valence-electron chi connectivity index (χ1n) is 13.7. The number of aromatic nitrogens is 1. The smallest absolute Gasteiger partial charge is 0.223 e. The predicted molar refractivity (Wildman–Crippen MR) is 144 cm³/mol. The lowest BCUT2D eigenvalue weighted by Crippen LogP contribution is -2.47. The molecule has 0 radical (unpaired) electrons. The highest BCUT2D eigenvalue weighted by atomic mass is 16.6. The number of allylic oxidation sites excluding steroid dienone is 1. The Morgan fingerprint density at radius 1 is 1.24 bits per heavy atom. The van der Waals surface area contributed by atoms with Crippen LogP contribution in [0.2, 0.25) is 0 Å². The molecule has 0 bridgehead atoms. The molecular weight excluding hydrogens is 484 g/mol. The number of rotatable bonds is 3. The molecule has 2 aromatic rings. The van der Waals surface area contributed by atoms with E-state index in [1.165, 1.54) is 0 Å². The number of hydrogen-bond acceptors (Lipinski definition) is 7. The molecule has 0 aliphatic carbocycles. The van der Waals surface area contributed by atoms with Gasteiger partial charge in [0.25, 0.3) is 0 Å². The monoisotopic (exact) mass is 526 g/mol. The topological polar surface area (TPSA) is 125 Å². The maximum atomic E-state index is 13.6. The summed E-state index contributed by atoms with van der Waals surface area (Å²) in [6, 6.07) is 5.33. The highest BCUT2D eigenvalue weighted by Crippen LogP contribution is 2.46. The molecule has 7 unspecified atom stereocenters. The molecule has 7 atom stereocenters. The van der Waals surface area contributed by atoms with Crippen molar-refractivity contribution in [2.75, 3.05) is 0 Å². The van der Waals surface area contributed by atoms with E-state index in [-0.39, 0.29) is 41.8 Å². The van der Waals surface area contributed by atoms with E-state index in [9.17, 15) is 19.8 Å². The lowest BCUT2D eigenvalue weighted by Gasteiger charge is -2.36. The first-order valence-corrected chi connectivity index (χ1v) is 13.7. The predicted octanol–water partition coefficient (Wildman–Crippen LogP) is 4.56. The normalized spacial score (nSPS) is 34.9. The number of carbonyl (C=O) groups excluding carboxylic acids is 2. The van der Waals surface area contributed by atoms with Gasteiger partial charge in [0.05, 0.1) is 41.8 Å². The third-order valence-corrected chi connectivity index (χ3v) is 8.67. The van der Waals surface area contributed by atoms with Crippen molar-refractivity contribution in [2.24, 2.45) is 17.3 Å². The Kier molecular flexibility index (Phi) is 8.17. The molecule has 2 fully saturated rings. The summed E-state index contributed by atoms with van der Waals surface area (Å²) in [5, 5.41) is 25.3. The molecule has 3 N–H and O–H groups in total. The number of nitrogens with zero attached hydrogens (tertiary/aromatic N) is 1. The average molecular weight is 527 g/mol. The fourth-order valence-corrected chi connectivity index (χ4v) is 5.83. The average Bonchev–Trinajstić information content (AvgIpc) is 3.32. The highest BCUT2D eigenvalue weighted by Gasteiger charge is 2.52. The molecule has 1 amide bonds. The van der Waals surface area contributed by atoms with Gasteiger partial charge in [0.2, 0.25) is 5.91 Å². The van der Waals surface area contributed by atoms with Crippen LogP contribution in [-0.4, -0.2) is 50.8 Å². The molecule has 3 heterocycles. The minimum Gasteiger partial charge on any atom is -0.441 e. The fraction of sp³-hybridized carbons (Fsp3) is 0.633. The molecule has 38 heavy (non-hydrogen) atoms. The van der Waals surface area contributed by atoms with Crippen molar-refractivity contribution in [1.29, 1.82) is 0 Å². The Hall–Kier alpha value is -2.55. The van der Waals surface area contributed by atoms with Crippen LogP contribution in [0.1, 0.15) is 83.7 Å². The second-order valence-corrected chi connectivity index (χ2v) is 12.0. The second-order valence-electron chi connectivity index (χ2n) is 12.0. The standard InChI is InChI=1S/C30H42N2O6/c1-7-9-20-27(35)17(2)10-8-13-30(6)25(38-30)15-21(19-11-12-23-22(14-19)31-18(3)37-23)32-26(34)16-24(33)29(4,5)28(20)36/h7,11-12,14,17,20-21,24-25,27,33,35H,1,8-10,13,15-16H2,2-6H3,(H,32,34). The van der Waals surface area contributed by atoms with Crippen LogP contribution < -0.4 is 5.32 Å². The summed E-state index contributed by atoms with van der Waals surface area (Å²) in [4.78, 5) is 31.3. The Bertz CT molecular complexity index is 1190. The number of aryl methyl sites for hydroxylation is 1. The lowest BCUT2D eigenvalue weighted by atomic mass is 9.71. The number of nitrogens with one attached hydrogen (secondary N) is 1. The Labute approximate surface area is 224 Å². The molecule has 0 spiro atoms. The van der Waals surface area contributed by atoms with Gasteiger partial charge in [-0.2, -0.15) is 0 Å². The first-order chi connectivity index (χ1) is 17.9. The van der Waals surface area contributed by atoms with Gasteiger partial charge in [0, 0.05) is 19.3 Å². The number of fused-ring (bicyclic) bond motifs is 2. The van der Waals surface area contributed by atoms with E-state index in [4.69, 9.17) is 9.15 Å². The number of benzene rings is 1. The number of oxazole rings is 1. The summed E-state index contributed by atoms with van der Waals surface area (Å²) in [6.45, 7) is 12.9. The maximum Gasteiger partial charge on any atom is 0.223 e. The Balaban J connectivity index is 1.63. The lowest BCUT2D eigenvalue weighted by molar-refractivity contribution is -0.144. The van der Waals surface area contributed by atoms with E-state index >= 15 is 0 Å². The fourth-order valence-electron chi connectivity index (χ4n) is 5.83. The summed E-state index contributed by atoms with van der Waals surface area (Å²) in [6.07, 6.45) is 2.56. The van der Waals surface area contributed by atoms with Gasteiger partial charge in [-0.05, 0) is 49.8 Å². The van der Waals surface area contributed by atoms with Crippen LogP contribution in [-0.2, 0) is 14.3 Å². The molecule has 8 nitrogen and oxygen atoms in total. The second kappa shape index (κ2) is 10.9. The Morgan fingerprint density at radius 3 is 2.68 bits per heavy atom. The quantitative estimate of drug-likeness (QED) is 0.395. The number of ether oxygens (including phenoxy) is 1. The molecule has 2 aliphatic rings. The number of aliphatic hydroxyl groups excluding tert-OH is 2. The van der Waals surface area contributed by atoms with Crippen LogP contribution in [0.15, 0.2) is 35.3 Å². The van der Waals surface area contributed by atoms with Crippen LogP contribution in [0.5, 0.6) is 0 Å². The third kappa shape index (κ3) is 5.87. The van der Waals surface area contributed by atoms with Gasteiger partial charge in [0.15, 0.2) is 11.5 Å². The maximum absolute atomic E-state index is 13.6. The van der Waals surface area contributed by atoms with Gasteiger partial charge in [0.1, 0.15) is 11.3 Å². The number of carbonyl (C=O) groups is 2. The van der Waals surface area contributed by atoms with E-state index in [1.54, 1.807) is 26.8 Å². The van der Waals surface area contributed by atoms with Crippen molar-refractivity contribution in [3.05, 3.63) is 42.3 Å². The summed E-state index contributed by atoms with van der Waals surface area (Å²) in [5.41, 5.74) is 0.739. The Morgan fingerprint density at radius 2 is 1.97 bits per heavy atom. The van der Waals surface area contributed by atoms with Gasteiger partial charge < -0.3 is 24.7 Å². The number of ketones is 1. The van der Waals surface area contributed by atoms with E-state index in [0.717, 1.165) is 24.8 Å². The molecule has 1 aromatic heterocycles. The summed E-state index contributed by atoms with van der Waals surface area (Å²) in [5.74, 6) is -0.858. The summed E-state index contributed by atoms with van der Waals surface area (Å²) >= 11 is 0. The zero-order chi connectivity index (χ0) is 27.8. The van der Waals surface area contributed by atoms with Gasteiger partial charge in [-0.25, -0.2) is 4.98 Å². The van der Waals surface area contributed by atoms with Crippen molar-refractivity contribution in [3.63, 3.8) is 0 Å². The minimum absolute atomic E-state index is 0.0351. The summed E-state index contributed by atoms with van der Waals surface area (Å²) < 4.78 is 11.8. The van der Waals surface area contributed by atoms with E-state index in [1.807, 2.05) is 25.1 Å². The van der Waals surface area contributed by atoms with Crippen molar-refractivity contribution in [2.45, 2.75) is 103 Å². The molecule has 2 saturated heterocycles. The number of Topliss-reactive ketones (excluding diaryl/α,β-unsaturated/α-hetero) is 1. The van der Waals surface area contributed by atoms with Crippen LogP contribution in [0.3, 0.4) is 0 Å². The third-order valence-electron chi connectivity index (χ3n) is 8.67. The van der Waals surface area contributed by atoms with Crippen molar-refractivity contribution >= 4 is 22.8 Å². The van der Waals surface area contributed by atoms with Crippen LogP contribution >= 0.6 is 0 Å². The number of aliphatic hydroxyl groups is 2. The zero-order valence-corrected chi connectivity index (χ0v) is 23.2. The van der Waals surface area contributed by atoms with Gasteiger partial charge in [-0.3, -0.25) is 9.59 Å². The zero-order valence-electron chi connectivity index (χ0n) is 23.2. The van der Waals surface area contributed by atoms with Gasteiger partial charge >= 0.3 is 0 Å². The number of epoxide rings is 1. The van der Waals surface area contributed by atoms with Crippen molar-refractivity contribution in [1.82, 2.24) is 10.3 Å². The van der Waals surface area contributed by atoms with Gasteiger partial charge in [-0.1, -0.05) is 39.3 Å². The van der Waals surface area contributed by atoms with E-state index < -0.39 is 23.5 Å². The summed E-state index contributed by atoms with van der Waals surface area (Å²) in [7, 11) is 0. The molecule has 8 heteroatoms. The van der Waals surface area contributed by atoms with Gasteiger partial charge in [-0.15, -0.1) is 6.58 Å². The van der Waals surface area contributed by atoms with E-state index in [0.29, 0.717) is 29.8 Å². The van der Waals surface area contributed by atoms with Crippen LogP contribution in [0, 0.1) is 24.2 Å². The molecule has 0 saturated carbocycles. The first kappa shape index (κ1) is 28.5. The SMILES string of the molecule is C=CCC1C(=O)C(C)(C)C(O)CC(=O)NC(c2ccc3oc(C)nc3c2)CC2OC2(C)CCCC(C)C1O. The van der Waals surface area contributed by atoms with Crippen molar-refractivity contribution < 1.29 is 29.0 Å². The molecule has 1 aromatic carbocycles. The van der Waals surface area contributed by atoms with E-state index in [2.05, 4.69) is 23.8 Å². The molecule has 4 rings (SSSR count). The van der Waals surface area contributed by atoms with Crippen LogP contribution in [0.4, 0.5) is 0 Å². The number of amides is 1. The molecule has 208 valence electrons. The molecule has 2 aliphatic heterocycles. The van der Waals surface area contributed by atoms with Crippen LogP contribution in [0.25, 0.3) is 11.1 Å². The largest absolute Gasteiger partial charge is 0.441 e. The number of hydrogen-bond donors (Lipinski definition) is 3.